The molecule has 1 unspecified atom stereocenters. The molecule has 0 aromatic heterocycles. The summed E-state index contributed by atoms with van der Waals surface area (Å²) in [4.78, 5) is 0. The van der Waals surface area contributed by atoms with E-state index >= 15 is 0 Å². The third-order valence-electron chi connectivity index (χ3n) is 4.50. The van der Waals surface area contributed by atoms with Gasteiger partial charge < -0.3 is 0 Å². The van der Waals surface area contributed by atoms with Gasteiger partial charge in [0.15, 0.2) is 0 Å². The third kappa shape index (κ3) is 2.24. The fraction of sp³-hybridized carbons (Fsp3) is 0.933. The highest BCUT2D eigenvalue weighted by molar-refractivity contribution is 5.09. The summed E-state index contributed by atoms with van der Waals surface area (Å²) in [5.74, 6) is 0.883. The first-order valence-corrected chi connectivity index (χ1v) is 6.44. The van der Waals surface area contributed by atoms with Crippen molar-refractivity contribution >= 4 is 0 Å². The van der Waals surface area contributed by atoms with Crippen LogP contribution < -0.4 is 0 Å². The summed E-state index contributed by atoms with van der Waals surface area (Å²) in [6.07, 6.45) is 6.68. The van der Waals surface area contributed by atoms with Gasteiger partial charge in [0.2, 0.25) is 0 Å². The molecule has 0 heterocycles. The van der Waals surface area contributed by atoms with E-state index in [0.717, 1.165) is 5.92 Å². The van der Waals surface area contributed by atoms with Gasteiger partial charge in [-0.25, -0.2) is 0 Å². The summed E-state index contributed by atoms with van der Waals surface area (Å²) in [5.41, 5.74) is 1.15. The second-order valence-electron chi connectivity index (χ2n) is 7.56. The van der Waals surface area contributed by atoms with Gasteiger partial charge in [0.1, 0.15) is 0 Å². The molecule has 1 rings (SSSR count). The van der Waals surface area contributed by atoms with Crippen LogP contribution in [-0.2, 0) is 0 Å². The number of hydrogen-bond acceptors (Lipinski definition) is 0. The van der Waals surface area contributed by atoms with Crippen molar-refractivity contribution in [1.82, 2.24) is 0 Å². The average Bonchev–Trinajstić information content (AvgIpc) is 1.99. The first kappa shape index (κ1) is 13.1. The Morgan fingerprint density at radius 3 is 1.73 bits per heavy atom. The van der Waals surface area contributed by atoms with Gasteiger partial charge in [0.25, 0.3) is 0 Å². The van der Waals surface area contributed by atoms with E-state index in [1.54, 1.807) is 0 Å². The van der Waals surface area contributed by atoms with Crippen LogP contribution in [-0.4, -0.2) is 0 Å². The molecule has 0 aromatic rings. The van der Waals surface area contributed by atoms with Gasteiger partial charge in [0.05, 0.1) is 0 Å². The molecule has 0 saturated heterocycles. The van der Waals surface area contributed by atoms with E-state index < -0.39 is 0 Å². The highest BCUT2D eigenvalue weighted by atomic mass is 14.6. The van der Waals surface area contributed by atoms with E-state index in [9.17, 15) is 0 Å². The van der Waals surface area contributed by atoms with E-state index in [2.05, 4.69) is 54.9 Å². The largest absolute Gasteiger partial charge is 0.0625 e. The maximum absolute atomic E-state index is 2.63. The molecule has 1 atom stereocenters. The summed E-state index contributed by atoms with van der Waals surface area (Å²) < 4.78 is 0. The lowest BCUT2D eigenvalue weighted by atomic mass is 9.48. The van der Waals surface area contributed by atoms with Crippen LogP contribution in [0.15, 0.2) is 0 Å². The third-order valence-corrected chi connectivity index (χ3v) is 4.50. The van der Waals surface area contributed by atoms with Crippen molar-refractivity contribution in [2.24, 2.45) is 22.2 Å². The van der Waals surface area contributed by atoms with Gasteiger partial charge in [-0.05, 0) is 41.4 Å². The van der Waals surface area contributed by atoms with Crippen LogP contribution in [0, 0.1) is 28.6 Å². The smallest absolute Gasteiger partial charge is 0.0167 e. The second-order valence-corrected chi connectivity index (χ2v) is 7.56. The van der Waals surface area contributed by atoms with Crippen molar-refractivity contribution in [1.29, 1.82) is 0 Å². The number of hydrogen-bond donors (Lipinski definition) is 0. The van der Waals surface area contributed by atoms with Crippen LogP contribution in [0.5, 0.6) is 0 Å². The van der Waals surface area contributed by atoms with E-state index in [4.69, 9.17) is 0 Å². The van der Waals surface area contributed by atoms with Crippen molar-refractivity contribution in [3.8, 4) is 0 Å². The predicted octanol–water partition coefficient (Wildman–Crippen LogP) is 5.09. The fourth-order valence-corrected chi connectivity index (χ4v) is 3.70. The molecule has 1 radical (unpaired) electrons. The lowest BCUT2D eigenvalue weighted by molar-refractivity contribution is -0.0370. The Hall–Kier alpha value is 0. The van der Waals surface area contributed by atoms with E-state index in [0.29, 0.717) is 16.2 Å². The summed E-state index contributed by atoms with van der Waals surface area (Å²) >= 11 is 0. The fourth-order valence-electron chi connectivity index (χ4n) is 3.70. The summed E-state index contributed by atoms with van der Waals surface area (Å²) in [5, 5.41) is 0. The molecule has 0 aliphatic heterocycles. The molecule has 1 saturated carbocycles. The molecule has 0 bridgehead atoms. The Labute approximate surface area is 96.8 Å². The molecule has 1 aliphatic rings. The summed E-state index contributed by atoms with van der Waals surface area (Å²) in [6, 6.07) is 0. The Morgan fingerprint density at radius 1 is 1.00 bits per heavy atom. The average molecular weight is 209 g/mol. The van der Waals surface area contributed by atoms with Crippen molar-refractivity contribution in [3.63, 3.8) is 0 Å². The minimum Gasteiger partial charge on any atom is -0.0625 e. The first-order valence-electron chi connectivity index (χ1n) is 6.44. The van der Waals surface area contributed by atoms with Gasteiger partial charge in [-0.3, -0.25) is 0 Å². The lowest BCUT2D eigenvalue weighted by Crippen LogP contribution is -2.49. The van der Waals surface area contributed by atoms with E-state index in [1.165, 1.54) is 19.3 Å². The zero-order valence-electron chi connectivity index (χ0n) is 11.8. The molecule has 1 fully saturated rings. The zero-order valence-corrected chi connectivity index (χ0v) is 11.8. The van der Waals surface area contributed by atoms with Gasteiger partial charge in [-0.15, -0.1) is 0 Å². The van der Waals surface area contributed by atoms with E-state index in [1.807, 2.05) is 0 Å². The molecule has 89 valence electrons. The predicted molar refractivity (Wildman–Crippen MR) is 68.7 cm³/mol. The molecule has 0 heteroatoms. The number of rotatable bonds is 0. The maximum Gasteiger partial charge on any atom is -0.0167 e. The second kappa shape index (κ2) is 3.79. The Kier molecular flexibility index (Phi) is 3.30. The molecule has 0 aromatic carbocycles. The topological polar surface area (TPSA) is 0 Å². The van der Waals surface area contributed by atoms with Crippen LogP contribution in [0.4, 0.5) is 0 Å². The molecule has 15 heavy (non-hydrogen) atoms. The van der Waals surface area contributed by atoms with Gasteiger partial charge in [-0.2, -0.15) is 0 Å². The lowest BCUT2D eigenvalue weighted by Gasteiger charge is -2.57. The van der Waals surface area contributed by atoms with Gasteiger partial charge in [-0.1, -0.05) is 54.9 Å². The first-order chi connectivity index (χ1) is 6.60. The summed E-state index contributed by atoms with van der Waals surface area (Å²) in [7, 11) is 0. The minimum absolute atomic E-state index is 0.375. The van der Waals surface area contributed by atoms with Gasteiger partial charge in [0, 0.05) is 0 Å². The van der Waals surface area contributed by atoms with Crippen molar-refractivity contribution in [3.05, 3.63) is 6.42 Å². The SMILES string of the molecule is CC1CC[CH]C(C(C)(C)C)(C(C)(C)C)C1. The molecular weight excluding hydrogens is 180 g/mol. The quantitative estimate of drug-likeness (QED) is 0.521. The van der Waals surface area contributed by atoms with Crippen molar-refractivity contribution in [2.75, 3.05) is 0 Å². The van der Waals surface area contributed by atoms with Crippen LogP contribution in [0.2, 0.25) is 0 Å². The Morgan fingerprint density at radius 2 is 1.47 bits per heavy atom. The van der Waals surface area contributed by atoms with E-state index in [-0.39, 0.29) is 0 Å². The molecular formula is C15H29. The molecule has 0 amide bonds. The maximum atomic E-state index is 2.63. The Bertz CT molecular complexity index is 197. The normalized spacial score (nSPS) is 27.8. The van der Waals surface area contributed by atoms with Crippen LogP contribution in [0.3, 0.4) is 0 Å². The minimum atomic E-state index is 0.375. The van der Waals surface area contributed by atoms with Crippen LogP contribution in [0.25, 0.3) is 0 Å². The monoisotopic (exact) mass is 209 g/mol. The molecule has 0 nitrogen and oxygen atoms in total. The Balaban J connectivity index is 3.07. The van der Waals surface area contributed by atoms with Gasteiger partial charge >= 0.3 is 0 Å². The van der Waals surface area contributed by atoms with Crippen LogP contribution in [0.1, 0.15) is 67.7 Å². The summed E-state index contributed by atoms with van der Waals surface area (Å²) in [6.45, 7) is 16.9. The highest BCUT2D eigenvalue weighted by Gasteiger charge is 2.51. The molecule has 0 N–H and O–H groups in total. The zero-order chi connectivity index (χ0) is 11.9. The molecule has 0 spiro atoms. The van der Waals surface area contributed by atoms with Crippen molar-refractivity contribution in [2.45, 2.75) is 67.7 Å². The molecule has 1 aliphatic carbocycles. The van der Waals surface area contributed by atoms with Crippen LogP contribution >= 0.6 is 0 Å². The highest BCUT2D eigenvalue weighted by Crippen LogP contribution is 2.59. The van der Waals surface area contributed by atoms with Crippen molar-refractivity contribution < 1.29 is 0 Å². The standard InChI is InChI=1S/C15H29/c1-12-9-8-10-15(11-12,13(2,3)4)14(5,6)7/h10,12H,8-9,11H2,1-7H3.